The summed E-state index contributed by atoms with van der Waals surface area (Å²) in [7, 11) is 0. The van der Waals surface area contributed by atoms with Gasteiger partial charge in [0.25, 0.3) is 0 Å². The first-order valence-corrected chi connectivity index (χ1v) is 10.1. The van der Waals surface area contributed by atoms with Gasteiger partial charge in [-0.25, -0.2) is 0 Å². The molecule has 0 fully saturated rings. The molecule has 0 heterocycles. The molecule has 0 saturated carbocycles. The van der Waals surface area contributed by atoms with E-state index >= 15 is 0 Å². The summed E-state index contributed by atoms with van der Waals surface area (Å²) >= 11 is 0. The number of carbonyl (C=O) groups excluding carboxylic acids is 1. The second kappa shape index (κ2) is 39.1. The molecule has 0 aliphatic rings. The Morgan fingerprint density at radius 2 is 0.808 bits per heavy atom. The van der Waals surface area contributed by atoms with Crippen molar-refractivity contribution < 1.29 is 4.79 Å². The van der Waals surface area contributed by atoms with Crippen LogP contribution in [0.25, 0.3) is 0 Å². The van der Waals surface area contributed by atoms with Crippen molar-refractivity contribution in [2.24, 2.45) is 5.73 Å². The average molecular weight is 374 g/mol. The lowest BCUT2D eigenvalue weighted by molar-refractivity contribution is -0.118. The van der Waals surface area contributed by atoms with E-state index in [1.807, 2.05) is 0 Å². The Hall–Kier alpha value is -1.13. The lowest BCUT2D eigenvalue weighted by Crippen LogP contribution is -2.09. The third kappa shape index (κ3) is 43.4. The molecule has 0 spiro atoms. The van der Waals surface area contributed by atoms with E-state index < -0.39 is 0 Å². The van der Waals surface area contributed by atoms with Crippen molar-refractivity contribution in [1.29, 1.82) is 0 Å². The number of rotatable bonds is 16. The van der Waals surface area contributed by atoms with Crippen molar-refractivity contribution in [3.05, 3.63) is 26.3 Å². The molecule has 1 amide bonds. The highest BCUT2D eigenvalue weighted by Crippen LogP contribution is 2.13. The van der Waals surface area contributed by atoms with Gasteiger partial charge in [0.15, 0.2) is 0 Å². The van der Waals surface area contributed by atoms with Gasteiger partial charge in [0, 0.05) is 6.42 Å². The summed E-state index contributed by atoms with van der Waals surface area (Å²) in [5, 5.41) is 0. The second-order valence-electron chi connectivity index (χ2n) is 6.17. The Morgan fingerprint density at radius 3 is 1.04 bits per heavy atom. The van der Waals surface area contributed by atoms with Gasteiger partial charge in [0.05, 0.1) is 0 Å². The summed E-state index contributed by atoms with van der Waals surface area (Å²) in [5.41, 5.74) is 5.11. The van der Waals surface area contributed by atoms with Gasteiger partial charge in [-0.1, -0.05) is 96.8 Å². The minimum Gasteiger partial charge on any atom is -0.370 e. The van der Waals surface area contributed by atoms with Crippen molar-refractivity contribution in [1.82, 2.24) is 12.3 Å². The molecule has 0 aliphatic heterocycles. The number of unbranched alkanes of at least 4 members (excludes halogenated alkanes) is 14. The van der Waals surface area contributed by atoms with E-state index in [2.05, 4.69) is 33.2 Å². The van der Waals surface area contributed by atoms with E-state index in [1.165, 1.54) is 89.9 Å². The van der Waals surface area contributed by atoms with Crippen LogP contribution in [0.2, 0.25) is 0 Å². The van der Waals surface area contributed by atoms with E-state index in [-0.39, 0.29) is 18.2 Å². The SMILES string of the molecule is C=C.C=C.CCCCCCCCCCCCCCCCCC(N)=O.N.N. The molecular weight excluding hydrogens is 322 g/mol. The number of carbonyl (C=O) groups is 1. The zero-order chi connectivity index (χ0) is 18.9. The summed E-state index contributed by atoms with van der Waals surface area (Å²) < 4.78 is 0. The summed E-state index contributed by atoms with van der Waals surface area (Å²) in [6, 6.07) is 0. The van der Waals surface area contributed by atoms with Crippen LogP contribution in [0.4, 0.5) is 0 Å². The van der Waals surface area contributed by atoms with Crippen molar-refractivity contribution in [3.63, 3.8) is 0 Å². The Kier molecular flexibility index (Phi) is 54.0. The predicted octanol–water partition coefficient (Wildman–Crippen LogP) is 7.66. The van der Waals surface area contributed by atoms with Gasteiger partial charge in [0.2, 0.25) is 5.91 Å². The minimum absolute atomic E-state index is 0. The molecule has 0 aromatic heterocycles. The predicted molar refractivity (Wildman–Crippen MR) is 121 cm³/mol. The molecule has 0 unspecified atom stereocenters. The summed E-state index contributed by atoms with van der Waals surface area (Å²) in [4.78, 5) is 10.6. The standard InChI is InChI=1S/C18H37NO.2C2H4.2H3N/c1-2-3-4-5-6-7-8-9-10-11-12-13-14-15-16-17-18(19)20;2*1-2;;/h2-17H2,1H3,(H2,19,20);2*1-2H2;2*1H3. The third-order valence-electron chi connectivity index (χ3n) is 4.03. The van der Waals surface area contributed by atoms with Crippen LogP contribution >= 0.6 is 0 Å². The van der Waals surface area contributed by atoms with Crippen LogP contribution in [0, 0.1) is 0 Å². The van der Waals surface area contributed by atoms with Crippen molar-refractivity contribution >= 4 is 5.91 Å². The van der Waals surface area contributed by atoms with Crippen molar-refractivity contribution in [2.45, 2.75) is 110 Å². The number of hydrogen-bond donors (Lipinski definition) is 3. The molecular formula is C22H51N3O. The van der Waals surface area contributed by atoms with Gasteiger partial charge in [-0.2, -0.15) is 0 Å². The molecule has 0 radical (unpaired) electrons. The minimum atomic E-state index is -0.153. The fourth-order valence-corrected chi connectivity index (χ4v) is 2.67. The molecule has 26 heavy (non-hydrogen) atoms. The maximum Gasteiger partial charge on any atom is 0.217 e. The van der Waals surface area contributed by atoms with Crippen molar-refractivity contribution in [3.8, 4) is 0 Å². The zero-order valence-corrected chi connectivity index (χ0v) is 18.0. The summed E-state index contributed by atoms with van der Waals surface area (Å²) in [6.45, 7) is 14.3. The second-order valence-corrected chi connectivity index (χ2v) is 6.17. The highest BCUT2D eigenvalue weighted by molar-refractivity contribution is 5.73. The molecule has 0 bridgehead atoms. The first-order chi connectivity index (χ1) is 11.8. The Balaban J connectivity index is -0.000000227. The van der Waals surface area contributed by atoms with E-state index in [4.69, 9.17) is 5.73 Å². The van der Waals surface area contributed by atoms with Crippen LogP contribution < -0.4 is 18.0 Å². The van der Waals surface area contributed by atoms with Crippen LogP contribution in [0.3, 0.4) is 0 Å². The number of amides is 1. The molecule has 0 saturated heterocycles. The monoisotopic (exact) mass is 373 g/mol. The largest absolute Gasteiger partial charge is 0.370 e. The molecule has 4 nitrogen and oxygen atoms in total. The van der Waals surface area contributed by atoms with E-state index in [9.17, 15) is 4.79 Å². The summed E-state index contributed by atoms with van der Waals surface area (Å²) in [6.07, 6.45) is 20.9. The maximum atomic E-state index is 10.6. The van der Waals surface area contributed by atoms with Gasteiger partial charge < -0.3 is 18.0 Å². The Morgan fingerprint density at radius 1 is 0.577 bits per heavy atom. The van der Waals surface area contributed by atoms with Gasteiger partial charge in [0.1, 0.15) is 0 Å². The maximum absolute atomic E-state index is 10.6. The Bertz CT molecular complexity index is 233. The van der Waals surface area contributed by atoms with Gasteiger partial charge in [-0.15, -0.1) is 26.3 Å². The van der Waals surface area contributed by atoms with E-state index in [1.54, 1.807) is 0 Å². The van der Waals surface area contributed by atoms with Crippen LogP contribution in [0.1, 0.15) is 110 Å². The highest BCUT2D eigenvalue weighted by Gasteiger charge is 1.96. The topological polar surface area (TPSA) is 113 Å². The lowest BCUT2D eigenvalue weighted by Gasteiger charge is -2.03. The first-order valence-electron chi connectivity index (χ1n) is 10.1. The van der Waals surface area contributed by atoms with Gasteiger partial charge >= 0.3 is 0 Å². The number of nitrogens with two attached hydrogens (primary N) is 1. The fraction of sp³-hybridized carbons (Fsp3) is 0.773. The zero-order valence-electron chi connectivity index (χ0n) is 18.0. The molecule has 4 heteroatoms. The van der Waals surface area contributed by atoms with Crippen LogP contribution in [-0.2, 0) is 4.79 Å². The van der Waals surface area contributed by atoms with Crippen molar-refractivity contribution in [2.75, 3.05) is 0 Å². The number of hydrogen-bond acceptors (Lipinski definition) is 3. The van der Waals surface area contributed by atoms with Crippen LogP contribution in [0.15, 0.2) is 26.3 Å². The van der Waals surface area contributed by atoms with Crippen LogP contribution in [-0.4, -0.2) is 5.91 Å². The van der Waals surface area contributed by atoms with Crippen LogP contribution in [0.5, 0.6) is 0 Å². The average Bonchev–Trinajstić information content (AvgIpc) is 2.61. The van der Waals surface area contributed by atoms with Gasteiger partial charge in [-0.05, 0) is 6.42 Å². The fourth-order valence-electron chi connectivity index (χ4n) is 2.67. The molecule has 8 N–H and O–H groups in total. The molecule has 0 rings (SSSR count). The molecule has 0 aromatic carbocycles. The normalized spacial score (nSPS) is 8.65. The molecule has 0 aromatic rings. The lowest BCUT2D eigenvalue weighted by atomic mass is 10.0. The highest BCUT2D eigenvalue weighted by atomic mass is 16.1. The quantitative estimate of drug-likeness (QED) is 0.190. The molecule has 160 valence electrons. The third-order valence-corrected chi connectivity index (χ3v) is 4.03. The first kappa shape index (κ1) is 35.9. The smallest absolute Gasteiger partial charge is 0.217 e. The van der Waals surface area contributed by atoms with Gasteiger partial charge in [-0.3, -0.25) is 4.79 Å². The number of primary amides is 1. The van der Waals surface area contributed by atoms with E-state index in [0.29, 0.717) is 6.42 Å². The van der Waals surface area contributed by atoms with E-state index in [0.717, 1.165) is 6.42 Å². The molecule has 0 atom stereocenters. The Labute approximate surface area is 165 Å². The summed E-state index contributed by atoms with van der Waals surface area (Å²) in [5.74, 6) is -0.153. The molecule has 0 aliphatic carbocycles.